The minimum absolute atomic E-state index is 0.0579. The maximum atomic E-state index is 13.3. The number of aromatic nitrogens is 3. The van der Waals surface area contributed by atoms with Crippen molar-refractivity contribution in [1.82, 2.24) is 19.1 Å². The summed E-state index contributed by atoms with van der Waals surface area (Å²) in [6, 6.07) is 10.2. The minimum atomic E-state index is -3.82. The molecule has 3 rings (SSSR count). The fraction of sp³-hybridized carbons (Fsp3) is 0.176. The van der Waals surface area contributed by atoms with Crippen LogP contribution in [0.25, 0.3) is 5.69 Å². The van der Waals surface area contributed by atoms with E-state index in [4.69, 9.17) is 11.6 Å². The van der Waals surface area contributed by atoms with Gasteiger partial charge < -0.3 is 0 Å². The zero-order chi connectivity index (χ0) is 18.9. The van der Waals surface area contributed by atoms with Crippen LogP contribution >= 0.6 is 11.6 Å². The molecular weight excluding hydrogens is 379 g/mol. The Morgan fingerprint density at radius 1 is 1.19 bits per heavy atom. The molecule has 0 radical (unpaired) electrons. The first-order valence-corrected chi connectivity index (χ1v) is 9.50. The molecule has 0 saturated heterocycles. The fourth-order valence-corrected chi connectivity index (χ4v) is 4.09. The van der Waals surface area contributed by atoms with E-state index >= 15 is 0 Å². The van der Waals surface area contributed by atoms with Crippen molar-refractivity contribution in [3.8, 4) is 5.69 Å². The Morgan fingerprint density at radius 2 is 1.88 bits per heavy atom. The van der Waals surface area contributed by atoms with Gasteiger partial charge in [0.2, 0.25) is 10.0 Å². The maximum absolute atomic E-state index is 13.3. The lowest BCUT2D eigenvalue weighted by atomic mass is 10.1. The third kappa shape index (κ3) is 3.48. The molecule has 1 heterocycles. The molecule has 0 amide bonds. The summed E-state index contributed by atoms with van der Waals surface area (Å²) in [5.41, 5.74) is 1.61. The van der Waals surface area contributed by atoms with E-state index in [1.165, 1.54) is 23.7 Å². The van der Waals surface area contributed by atoms with Crippen LogP contribution in [-0.4, -0.2) is 34.5 Å². The topological polar surface area (TPSA) is 68.1 Å². The number of nitrogens with zero attached hydrogens (tertiary/aromatic N) is 4. The SMILES string of the molecule is C[C@@H](c1ccc(-n2cncn2)cc1)N(C)S(=O)(=O)c1ccc(F)c(Cl)c1. The second-order valence-corrected chi connectivity index (χ2v) is 8.11. The number of benzene rings is 2. The standard InChI is InChI=1S/C17H16ClFN4O2S/c1-12(13-3-5-14(6-4-13)23-11-20-10-21-23)22(2)26(24,25)15-7-8-17(19)16(18)9-15/h3-12H,1-2H3/t12-/m0/s1. The molecule has 0 fully saturated rings. The van der Waals surface area contributed by atoms with E-state index in [2.05, 4.69) is 10.1 Å². The van der Waals surface area contributed by atoms with Crippen LogP contribution in [0.2, 0.25) is 5.02 Å². The molecular formula is C17H16ClFN4O2S. The molecule has 2 aromatic carbocycles. The Bertz CT molecular complexity index is 1010. The molecule has 6 nitrogen and oxygen atoms in total. The Labute approximate surface area is 155 Å². The third-order valence-electron chi connectivity index (χ3n) is 4.17. The van der Waals surface area contributed by atoms with Gasteiger partial charge in [0.15, 0.2) is 0 Å². The molecule has 9 heteroatoms. The largest absolute Gasteiger partial charge is 0.243 e. The highest BCUT2D eigenvalue weighted by molar-refractivity contribution is 7.89. The summed E-state index contributed by atoms with van der Waals surface area (Å²) in [6.45, 7) is 1.77. The molecule has 1 atom stereocenters. The summed E-state index contributed by atoms with van der Waals surface area (Å²) >= 11 is 5.72. The second-order valence-electron chi connectivity index (χ2n) is 5.70. The van der Waals surface area contributed by atoms with Crippen molar-refractivity contribution in [1.29, 1.82) is 0 Å². The molecule has 0 aliphatic heterocycles. The van der Waals surface area contributed by atoms with Gasteiger partial charge in [0.1, 0.15) is 18.5 Å². The molecule has 0 N–H and O–H groups in total. The minimum Gasteiger partial charge on any atom is -0.223 e. The van der Waals surface area contributed by atoms with E-state index in [1.54, 1.807) is 17.9 Å². The Balaban J connectivity index is 1.86. The lowest BCUT2D eigenvalue weighted by Crippen LogP contribution is -2.29. The van der Waals surface area contributed by atoms with Gasteiger partial charge in [-0.3, -0.25) is 0 Å². The Morgan fingerprint density at radius 3 is 2.46 bits per heavy atom. The highest BCUT2D eigenvalue weighted by Crippen LogP contribution is 2.28. The molecule has 0 aliphatic rings. The van der Waals surface area contributed by atoms with Crippen molar-refractivity contribution in [2.45, 2.75) is 17.9 Å². The van der Waals surface area contributed by atoms with E-state index in [0.717, 1.165) is 23.4 Å². The van der Waals surface area contributed by atoms with Crippen molar-refractivity contribution < 1.29 is 12.8 Å². The van der Waals surface area contributed by atoms with Crippen molar-refractivity contribution in [3.63, 3.8) is 0 Å². The van der Waals surface area contributed by atoms with Gasteiger partial charge in [-0.05, 0) is 42.8 Å². The van der Waals surface area contributed by atoms with E-state index < -0.39 is 21.9 Å². The van der Waals surface area contributed by atoms with Crippen LogP contribution in [-0.2, 0) is 10.0 Å². The third-order valence-corrected chi connectivity index (χ3v) is 6.39. The second kappa shape index (κ2) is 7.14. The maximum Gasteiger partial charge on any atom is 0.243 e. The first-order chi connectivity index (χ1) is 12.3. The molecule has 3 aromatic rings. The Kier molecular flexibility index (Phi) is 5.08. The highest BCUT2D eigenvalue weighted by Gasteiger charge is 2.27. The van der Waals surface area contributed by atoms with Gasteiger partial charge in [-0.15, -0.1) is 0 Å². The van der Waals surface area contributed by atoms with Gasteiger partial charge in [-0.1, -0.05) is 23.7 Å². The van der Waals surface area contributed by atoms with Crippen LogP contribution in [0, 0.1) is 5.82 Å². The summed E-state index contributed by atoms with van der Waals surface area (Å²) in [6.07, 6.45) is 3.01. The van der Waals surface area contributed by atoms with E-state index in [9.17, 15) is 12.8 Å². The van der Waals surface area contributed by atoms with Crippen LogP contribution < -0.4 is 0 Å². The van der Waals surface area contributed by atoms with Crippen LogP contribution in [0.15, 0.2) is 60.0 Å². The van der Waals surface area contributed by atoms with Gasteiger partial charge in [-0.25, -0.2) is 22.5 Å². The summed E-state index contributed by atoms with van der Waals surface area (Å²) in [5.74, 6) is -0.662. The number of halogens is 2. The smallest absolute Gasteiger partial charge is 0.223 e. The highest BCUT2D eigenvalue weighted by atomic mass is 35.5. The first kappa shape index (κ1) is 18.5. The fourth-order valence-electron chi connectivity index (χ4n) is 2.47. The molecule has 0 unspecified atom stereocenters. The summed E-state index contributed by atoms with van der Waals surface area (Å²) in [5, 5.41) is 3.81. The predicted molar refractivity (Wildman–Crippen MR) is 96.1 cm³/mol. The molecule has 0 aliphatic carbocycles. The van der Waals surface area contributed by atoms with Crippen LogP contribution in [0.4, 0.5) is 4.39 Å². The van der Waals surface area contributed by atoms with E-state index in [1.807, 2.05) is 24.3 Å². The normalized spacial score (nSPS) is 13.1. The average Bonchev–Trinajstić information content (AvgIpc) is 3.17. The number of rotatable bonds is 5. The van der Waals surface area contributed by atoms with Crippen molar-refractivity contribution in [2.24, 2.45) is 0 Å². The molecule has 26 heavy (non-hydrogen) atoms. The van der Waals surface area contributed by atoms with Gasteiger partial charge >= 0.3 is 0 Å². The zero-order valence-electron chi connectivity index (χ0n) is 14.0. The van der Waals surface area contributed by atoms with Gasteiger partial charge in [0, 0.05) is 13.1 Å². The average molecular weight is 395 g/mol. The van der Waals surface area contributed by atoms with Crippen LogP contribution in [0.5, 0.6) is 0 Å². The van der Waals surface area contributed by atoms with Crippen molar-refractivity contribution >= 4 is 21.6 Å². The lowest BCUT2D eigenvalue weighted by Gasteiger charge is -2.25. The monoisotopic (exact) mass is 394 g/mol. The summed E-state index contributed by atoms with van der Waals surface area (Å²) < 4.78 is 41.7. The molecule has 1 aromatic heterocycles. The van der Waals surface area contributed by atoms with Gasteiger partial charge in [0.25, 0.3) is 0 Å². The van der Waals surface area contributed by atoms with E-state index in [0.29, 0.717) is 0 Å². The van der Waals surface area contributed by atoms with Crippen LogP contribution in [0.1, 0.15) is 18.5 Å². The predicted octanol–water partition coefficient (Wildman–Crippen LogP) is 3.44. The van der Waals surface area contributed by atoms with Crippen LogP contribution in [0.3, 0.4) is 0 Å². The van der Waals surface area contributed by atoms with Crippen molar-refractivity contribution in [2.75, 3.05) is 7.05 Å². The number of hydrogen-bond donors (Lipinski definition) is 0. The molecule has 0 spiro atoms. The van der Waals surface area contributed by atoms with Gasteiger partial charge in [-0.2, -0.15) is 9.40 Å². The quantitative estimate of drug-likeness (QED) is 0.664. The lowest BCUT2D eigenvalue weighted by molar-refractivity contribution is 0.398. The van der Waals surface area contributed by atoms with Crippen molar-refractivity contribution in [3.05, 3.63) is 71.5 Å². The molecule has 0 bridgehead atoms. The van der Waals surface area contributed by atoms with E-state index in [-0.39, 0.29) is 9.92 Å². The zero-order valence-corrected chi connectivity index (χ0v) is 15.6. The van der Waals surface area contributed by atoms with Gasteiger partial charge in [0.05, 0.1) is 15.6 Å². The summed E-state index contributed by atoms with van der Waals surface area (Å²) in [4.78, 5) is 3.83. The molecule has 136 valence electrons. The number of hydrogen-bond acceptors (Lipinski definition) is 4. The number of sulfonamides is 1. The Hall–Kier alpha value is -2.29. The molecule has 0 saturated carbocycles. The first-order valence-electron chi connectivity index (χ1n) is 7.69. The summed E-state index contributed by atoms with van der Waals surface area (Å²) in [7, 11) is -2.35.